The fourth-order valence-electron chi connectivity index (χ4n) is 1.84. The summed E-state index contributed by atoms with van der Waals surface area (Å²) >= 11 is 11.9. The summed E-state index contributed by atoms with van der Waals surface area (Å²) in [6.07, 6.45) is 0.771. The minimum absolute atomic E-state index is 0.133. The van der Waals surface area contributed by atoms with E-state index < -0.39 is 5.82 Å². The fourth-order valence-corrected chi connectivity index (χ4v) is 2.30. The topological polar surface area (TPSA) is 38.3 Å². The van der Waals surface area contributed by atoms with Crippen molar-refractivity contribution < 1.29 is 13.9 Å². The van der Waals surface area contributed by atoms with Crippen LogP contribution in [0.4, 0.5) is 10.1 Å². The third-order valence-corrected chi connectivity index (χ3v) is 3.65. The molecule has 0 atom stereocenters. The molecule has 0 heterocycles. The molecule has 0 radical (unpaired) electrons. The van der Waals surface area contributed by atoms with Crippen molar-refractivity contribution in [3.8, 4) is 5.75 Å². The van der Waals surface area contributed by atoms with E-state index in [2.05, 4.69) is 5.32 Å². The van der Waals surface area contributed by atoms with Crippen LogP contribution in [-0.2, 0) is 11.2 Å². The van der Waals surface area contributed by atoms with Gasteiger partial charge in [0.1, 0.15) is 11.6 Å². The molecule has 0 fully saturated rings. The first-order chi connectivity index (χ1) is 10.5. The number of amides is 1. The van der Waals surface area contributed by atoms with Crippen molar-refractivity contribution >= 4 is 34.8 Å². The molecule has 2 aromatic rings. The highest BCUT2D eigenvalue weighted by Gasteiger charge is 2.08. The number of carbonyl (C=O) groups is 1. The normalized spacial score (nSPS) is 10.4. The lowest BCUT2D eigenvalue weighted by Crippen LogP contribution is -2.20. The molecule has 0 saturated carbocycles. The van der Waals surface area contributed by atoms with E-state index >= 15 is 0 Å². The van der Waals surface area contributed by atoms with Gasteiger partial charge in [-0.1, -0.05) is 30.1 Å². The molecule has 0 aliphatic heterocycles. The summed E-state index contributed by atoms with van der Waals surface area (Å²) in [5.74, 6) is -0.296. The predicted molar refractivity (Wildman–Crippen MR) is 86.4 cm³/mol. The molecule has 2 aromatic carbocycles. The Balaban J connectivity index is 1.95. The second kappa shape index (κ2) is 7.47. The Kier molecular flexibility index (Phi) is 5.63. The molecule has 0 aliphatic rings. The van der Waals surface area contributed by atoms with Crippen LogP contribution in [0.5, 0.6) is 5.75 Å². The van der Waals surface area contributed by atoms with E-state index in [0.29, 0.717) is 16.5 Å². The van der Waals surface area contributed by atoms with Crippen molar-refractivity contribution in [1.82, 2.24) is 0 Å². The maximum atomic E-state index is 12.9. The molecule has 0 aliphatic carbocycles. The van der Waals surface area contributed by atoms with Crippen molar-refractivity contribution in [2.75, 3.05) is 11.9 Å². The van der Waals surface area contributed by atoms with Crippen LogP contribution in [0.25, 0.3) is 0 Å². The van der Waals surface area contributed by atoms with Crippen molar-refractivity contribution in [2.45, 2.75) is 13.3 Å². The fraction of sp³-hybridized carbons (Fsp3) is 0.188. The highest BCUT2D eigenvalue weighted by molar-refractivity contribution is 6.33. The van der Waals surface area contributed by atoms with Crippen LogP contribution in [0, 0.1) is 5.82 Å². The maximum Gasteiger partial charge on any atom is 0.262 e. The summed E-state index contributed by atoms with van der Waals surface area (Å²) in [7, 11) is 0. The van der Waals surface area contributed by atoms with Crippen molar-refractivity contribution in [3.63, 3.8) is 0 Å². The zero-order valence-corrected chi connectivity index (χ0v) is 13.3. The number of ether oxygens (including phenoxy) is 1. The van der Waals surface area contributed by atoms with Crippen LogP contribution in [-0.4, -0.2) is 12.5 Å². The lowest BCUT2D eigenvalue weighted by atomic mass is 10.1. The lowest BCUT2D eigenvalue weighted by molar-refractivity contribution is -0.118. The number of benzene rings is 2. The summed E-state index contributed by atoms with van der Waals surface area (Å²) in [5, 5.41) is 3.36. The van der Waals surface area contributed by atoms with Gasteiger partial charge in [-0.3, -0.25) is 4.79 Å². The molecular formula is C16H14Cl2FNO2. The van der Waals surface area contributed by atoms with Gasteiger partial charge in [0.2, 0.25) is 0 Å². The first-order valence-electron chi connectivity index (χ1n) is 6.65. The average Bonchev–Trinajstić information content (AvgIpc) is 2.49. The Labute approximate surface area is 138 Å². The molecule has 0 bridgehead atoms. The summed E-state index contributed by atoms with van der Waals surface area (Å²) in [6, 6.07) is 8.96. The summed E-state index contributed by atoms with van der Waals surface area (Å²) in [5.41, 5.74) is 1.28. The van der Waals surface area contributed by atoms with Gasteiger partial charge in [0.25, 0.3) is 5.91 Å². The highest BCUT2D eigenvalue weighted by atomic mass is 35.5. The van der Waals surface area contributed by atoms with E-state index in [-0.39, 0.29) is 17.5 Å². The number of anilines is 1. The summed E-state index contributed by atoms with van der Waals surface area (Å²) in [6.45, 7) is 1.80. The Hall–Kier alpha value is -1.78. The third kappa shape index (κ3) is 4.36. The zero-order valence-electron chi connectivity index (χ0n) is 11.8. The van der Waals surface area contributed by atoms with Crippen LogP contribution < -0.4 is 10.1 Å². The van der Waals surface area contributed by atoms with Gasteiger partial charge in [-0.15, -0.1) is 0 Å². The van der Waals surface area contributed by atoms with Crippen molar-refractivity contribution in [3.05, 3.63) is 57.8 Å². The number of aryl methyl sites for hydroxylation is 1. The Bertz CT molecular complexity index is 692. The van der Waals surface area contributed by atoms with E-state index in [1.807, 2.05) is 6.92 Å². The highest BCUT2D eigenvalue weighted by Crippen LogP contribution is 2.24. The van der Waals surface area contributed by atoms with E-state index in [1.165, 1.54) is 12.1 Å². The van der Waals surface area contributed by atoms with E-state index in [0.717, 1.165) is 18.1 Å². The van der Waals surface area contributed by atoms with Gasteiger partial charge in [0.05, 0.1) is 10.7 Å². The SMILES string of the molecule is CCc1cc(OCC(=O)Nc2ccc(F)cc2Cl)ccc1Cl. The van der Waals surface area contributed by atoms with Gasteiger partial charge < -0.3 is 10.1 Å². The standard InChI is InChI=1S/C16H14Cl2FNO2/c1-2-10-7-12(4-5-13(10)17)22-9-16(21)20-15-6-3-11(19)8-14(15)18/h3-8H,2,9H2,1H3,(H,20,21). The Morgan fingerprint density at radius 2 is 1.95 bits per heavy atom. The Morgan fingerprint density at radius 1 is 1.18 bits per heavy atom. The molecule has 1 N–H and O–H groups in total. The van der Waals surface area contributed by atoms with Crippen LogP contribution >= 0.6 is 23.2 Å². The molecule has 1 amide bonds. The number of rotatable bonds is 5. The molecule has 0 unspecified atom stereocenters. The van der Waals surface area contributed by atoms with Gasteiger partial charge in [-0.25, -0.2) is 4.39 Å². The van der Waals surface area contributed by atoms with E-state index in [1.54, 1.807) is 18.2 Å². The van der Waals surface area contributed by atoms with Crippen molar-refractivity contribution in [2.24, 2.45) is 0 Å². The van der Waals surface area contributed by atoms with Gasteiger partial charge in [0, 0.05) is 5.02 Å². The maximum absolute atomic E-state index is 12.9. The van der Waals surface area contributed by atoms with Gasteiger partial charge in [0.15, 0.2) is 6.61 Å². The predicted octanol–water partition coefficient (Wildman–Crippen LogP) is 4.71. The molecular weight excluding hydrogens is 328 g/mol. The van der Waals surface area contributed by atoms with Crippen LogP contribution in [0.2, 0.25) is 10.0 Å². The molecule has 3 nitrogen and oxygen atoms in total. The molecule has 22 heavy (non-hydrogen) atoms. The molecule has 0 spiro atoms. The lowest BCUT2D eigenvalue weighted by Gasteiger charge is -2.10. The molecule has 0 saturated heterocycles. The van der Waals surface area contributed by atoms with Crippen LogP contribution in [0.15, 0.2) is 36.4 Å². The average molecular weight is 342 g/mol. The monoisotopic (exact) mass is 341 g/mol. The first-order valence-corrected chi connectivity index (χ1v) is 7.41. The second-order valence-electron chi connectivity index (χ2n) is 4.57. The molecule has 116 valence electrons. The number of carbonyl (C=O) groups excluding carboxylic acids is 1. The quantitative estimate of drug-likeness (QED) is 0.854. The van der Waals surface area contributed by atoms with Crippen LogP contribution in [0.1, 0.15) is 12.5 Å². The van der Waals surface area contributed by atoms with E-state index in [9.17, 15) is 9.18 Å². The zero-order chi connectivity index (χ0) is 16.1. The summed E-state index contributed by atoms with van der Waals surface area (Å²) in [4.78, 5) is 11.8. The van der Waals surface area contributed by atoms with E-state index in [4.69, 9.17) is 27.9 Å². The smallest absolute Gasteiger partial charge is 0.262 e. The minimum atomic E-state index is -0.465. The van der Waals surface area contributed by atoms with Gasteiger partial charge >= 0.3 is 0 Å². The Morgan fingerprint density at radius 3 is 2.64 bits per heavy atom. The van der Waals surface area contributed by atoms with Gasteiger partial charge in [-0.05, 0) is 48.4 Å². The third-order valence-electron chi connectivity index (χ3n) is 2.97. The van der Waals surface area contributed by atoms with Gasteiger partial charge in [-0.2, -0.15) is 0 Å². The largest absolute Gasteiger partial charge is 0.484 e. The first kappa shape index (κ1) is 16.6. The number of hydrogen-bond donors (Lipinski definition) is 1. The van der Waals surface area contributed by atoms with Crippen LogP contribution in [0.3, 0.4) is 0 Å². The molecule has 0 aromatic heterocycles. The molecule has 6 heteroatoms. The second-order valence-corrected chi connectivity index (χ2v) is 5.38. The number of nitrogens with one attached hydrogen (secondary N) is 1. The minimum Gasteiger partial charge on any atom is -0.484 e. The van der Waals surface area contributed by atoms with Crippen molar-refractivity contribution in [1.29, 1.82) is 0 Å². The number of halogens is 3. The number of hydrogen-bond acceptors (Lipinski definition) is 2. The molecule has 2 rings (SSSR count). The summed E-state index contributed by atoms with van der Waals surface area (Å²) < 4.78 is 18.3.